The number of aliphatic hydroxyl groups excluding tert-OH is 2. The maximum Gasteiger partial charge on any atom is 0.370 e. The minimum absolute atomic E-state index is 0.188. The molecular weight excluding hydrogens is 544 g/mol. The van der Waals surface area contributed by atoms with E-state index in [-0.39, 0.29) is 12.4 Å². The standard InChI is InChI=1S/C30H54N4O8/c1-3-4-5-6-7-8-9-10-11-12-13-14-15-16-17-18-25(37)41-20-23(36)27(38)28-26(33-21(2)35)22(34-30(31)32)19-24(42-28)29(39)40/h19,22-23,26-28,36,38H,3-18,20H2,1-2H3,(H,33,35)(H,39,40)(H4,31,32,34). The van der Waals surface area contributed by atoms with Crippen molar-refractivity contribution in [1.82, 2.24) is 5.32 Å². The van der Waals surface area contributed by atoms with Crippen LogP contribution in [0.25, 0.3) is 0 Å². The number of nitrogens with one attached hydrogen (secondary N) is 1. The Morgan fingerprint density at radius 1 is 0.929 bits per heavy atom. The van der Waals surface area contributed by atoms with Gasteiger partial charge in [-0.2, -0.15) is 0 Å². The van der Waals surface area contributed by atoms with Gasteiger partial charge >= 0.3 is 11.9 Å². The van der Waals surface area contributed by atoms with Gasteiger partial charge in [0.2, 0.25) is 11.7 Å². The van der Waals surface area contributed by atoms with Crippen molar-refractivity contribution in [2.24, 2.45) is 16.5 Å². The van der Waals surface area contributed by atoms with Crippen molar-refractivity contribution >= 4 is 23.8 Å². The van der Waals surface area contributed by atoms with E-state index < -0.39 is 60.6 Å². The topological polar surface area (TPSA) is 207 Å². The second kappa shape index (κ2) is 21.8. The molecule has 242 valence electrons. The average Bonchev–Trinajstić information content (AvgIpc) is 2.93. The number of carboxylic acids is 1. The largest absolute Gasteiger partial charge is 0.478 e. The Balaban J connectivity index is 2.33. The summed E-state index contributed by atoms with van der Waals surface area (Å²) in [6.07, 6.45) is 14.7. The number of nitrogens with zero attached hydrogens (tertiary/aromatic N) is 1. The smallest absolute Gasteiger partial charge is 0.370 e. The molecule has 1 rings (SSSR count). The fourth-order valence-corrected chi connectivity index (χ4v) is 5.02. The summed E-state index contributed by atoms with van der Waals surface area (Å²) >= 11 is 0. The molecule has 8 N–H and O–H groups in total. The zero-order valence-electron chi connectivity index (χ0n) is 25.5. The number of guanidine groups is 1. The predicted octanol–water partition coefficient (Wildman–Crippen LogP) is 3.03. The molecule has 0 saturated heterocycles. The van der Waals surface area contributed by atoms with E-state index >= 15 is 0 Å². The van der Waals surface area contributed by atoms with Crippen LogP contribution in [0.3, 0.4) is 0 Å². The second-order valence-electron chi connectivity index (χ2n) is 11.1. The lowest BCUT2D eigenvalue weighted by molar-refractivity contribution is -0.156. The highest BCUT2D eigenvalue weighted by Crippen LogP contribution is 2.25. The van der Waals surface area contributed by atoms with Gasteiger partial charge in [-0.15, -0.1) is 0 Å². The number of aliphatic hydroxyl groups is 2. The van der Waals surface area contributed by atoms with Gasteiger partial charge in [0.15, 0.2) is 5.96 Å². The Morgan fingerprint density at radius 2 is 1.43 bits per heavy atom. The number of amides is 1. The third-order valence-corrected chi connectivity index (χ3v) is 7.32. The van der Waals surface area contributed by atoms with Crippen LogP contribution >= 0.6 is 0 Å². The predicted molar refractivity (Wildman–Crippen MR) is 160 cm³/mol. The van der Waals surface area contributed by atoms with Gasteiger partial charge in [0.25, 0.3) is 0 Å². The molecule has 0 fully saturated rings. The van der Waals surface area contributed by atoms with Crippen LogP contribution in [0.5, 0.6) is 0 Å². The summed E-state index contributed by atoms with van der Waals surface area (Å²) < 4.78 is 10.5. The molecule has 1 amide bonds. The van der Waals surface area contributed by atoms with Crippen molar-refractivity contribution in [2.45, 2.75) is 147 Å². The number of aliphatic imine (C=N–C) groups is 1. The zero-order chi connectivity index (χ0) is 31.3. The summed E-state index contributed by atoms with van der Waals surface area (Å²) in [5, 5.41) is 33.2. The Morgan fingerprint density at radius 3 is 1.88 bits per heavy atom. The molecule has 0 aliphatic carbocycles. The molecule has 0 saturated carbocycles. The molecule has 5 atom stereocenters. The molecule has 12 heteroatoms. The average molecular weight is 599 g/mol. The van der Waals surface area contributed by atoms with Gasteiger partial charge in [0.05, 0.1) is 12.1 Å². The fourth-order valence-electron chi connectivity index (χ4n) is 5.02. The van der Waals surface area contributed by atoms with Crippen LogP contribution in [-0.4, -0.2) is 76.1 Å². The molecule has 12 nitrogen and oxygen atoms in total. The first-order valence-corrected chi connectivity index (χ1v) is 15.6. The summed E-state index contributed by atoms with van der Waals surface area (Å²) in [4.78, 5) is 39.4. The first kappa shape index (κ1) is 37.2. The SMILES string of the molecule is CCCCCCCCCCCCCCCCCC(=O)OCC(O)C(O)C1OC(C(=O)O)=CC(N=C(N)N)C1NC(C)=O. The summed E-state index contributed by atoms with van der Waals surface area (Å²) in [5.74, 6) is -3.42. The Hall–Kier alpha value is -2.86. The summed E-state index contributed by atoms with van der Waals surface area (Å²) in [6, 6.07) is -2.19. The van der Waals surface area contributed by atoms with E-state index in [1.807, 2.05) is 0 Å². The maximum absolute atomic E-state index is 12.2. The lowest BCUT2D eigenvalue weighted by atomic mass is 9.92. The normalized spacial score (nSPS) is 19.6. The van der Waals surface area contributed by atoms with E-state index in [0.717, 1.165) is 25.3 Å². The first-order chi connectivity index (χ1) is 20.1. The summed E-state index contributed by atoms with van der Waals surface area (Å²) in [7, 11) is 0. The van der Waals surface area contributed by atoms with Crippen LogP contribution in [0.4, 0.5) is 0 Å². The summed E-state index contributed by atoms with van der Waals surface area (Å²) in [6.45, 7) is 2.92. The quantitative estimate of drug-likeness (QED) is 0.0438. The number of carboxylic acid groups (broad SMARTS) is 1. The highest BCUT2D eigenvalue weighted by atomic mass is 16.6. The number of ether oxygens (including phenoxy) is 2. The van der Waals surface area contributed by atoms with Crippen LogP contribution in [0.2, 0.25) is 0 Å². The molecule has 0 aromatic heterocycles. The van der Waals surface area contributed by atoms with Crippen molar-refractivity contribution in [3.8, 4) is 0 Å². The fraction of sp³-hybridized carbons (Fsp3) is 0.800. The van der Waals surface area contributed by atoms with Crippen molar-refractivity contribution in [3.63, 3.8) is 0 Å². The Bertz CT molecular complexity index is 862. The van der Waals surface area contributed by atoms with Crippen molar-refractivity contribution in [1.29, 1.82) is 0 Å². The van der Waals surface area contributed by atoms with Gasteiger partial charge in [-0.25, -0.2) is 9.79 Å². The van der Waals surface area contributed by atoms with Gasteiger partial charge in [0, 0.05) is 13.3 Å². The van der Waals surface area contributed by atoms with Crippen molar-refractivity contribution in [3.05, 3.63) is 11.8 Å². The molecule has 0 aromatic rings. The monoisotopic (exact) mass is 598 g/mol. The maximum atomic E-state index is 12.2. The van der Waals surface area contributed by atoms with E-state index in [2.05, 4.69) is 17.2 Å². The van der Waals surface area contributed by atoms with Gasteiger partial charge in [-0.05, 0) is 12.5 Å². The molecular formula is C30H54N4O8. The van der Waals surface area contributed by atoms with Gasteiger partial charge in [-0.3, -0.25) is 9.59 Å². The minimum Gasteiger partial charge on any atom is -0.478 e. The number of nitrogens with two attached hydrogens (primary N) is 2. The molecule has 42 heavy (non-hydrogen) atoms. The molecule has 0 spiro atoms. The first-order valence-electron chi connectivity index (χ1n) is 15.6. The van der Waals surface area contributed by atoms with Crippen molar-refractivity contribution in [2.75, 3.05) is 6.61 Å². The molecule has 1 aliphatic heterocycles. The Kier molecular flexibility index (Phi) is 19.3. The number of aliphatic carboxylic acids is 1. The molecule has 0 radical (unpaired) electrons. The minimum atomic E-state index is -1.74. The highest BCUT2D eigenvalue weighted by molar-refractivity contribution is 5.85. The van der Waals surface area contributed by atoms with E-state index in [1.54, 1.807) is 0 Å². The van der Waals surface area contributed by atoms with E-state index in [0.29, 0.717) is 6.42 Å². The molecule has 1 heterocycles. The van der Waals surface area contributed by atoms with E-state index in [4.69, 9.17) is 20.9 Å². The molecule has 0 aromatic carbocycles. The number of esters is 1. The Labute approximate surface area is 250 Å². The number of carbonyl (C=O) groups excluding carboxylic acids is 2. The van der Waals surface area contributed by atoms with Gasteiger partial charge < -0.3 is 41.6 Å². The third-order valence-electron chi connectivity index (χ3n) is 7.32. The summed E-state index contributed by atoms with van der Waals surface area (Å²) in [5.41, 5.74) is 10.9. The van der Waals surface area contributed by atoms with Crippen LogP contribution in [0.1, 0.15) is 117 Å². The number of hydrogen-bond acceptors (Lipinski definition) is 8. The number of unbranched alkanes of at least 4 members (excludes halogenated alkanes) is 14. The number of carbonyl (C=O) groups is 3. The van der Waals surface area contributed by atoms with Crippen LogP contribution in [0.15, 0.2) is 16.8 Å². The van der Waals surface area contributed by atoms with Gasteiger partial charge in [-0.1, -0.05) is 96.8 Å². The van der Waals surface area contributed by atoms with E-state index in [1.165, 1.54) is 77.6 Å². The highest BCUT2D eigenvalue weighted by Gasteiger charge is 2.44. The van der Waals surface area contributed by atoms with Crippen LogP contribution in [-0.2, 0) is 23.9 Å². The third kappa shape index (κ3) is 16.0. The number of hydrogen-bond donors (Lipinski definition) is 6. The van der Waals surface area contributed by atoms with Crippen LogP contribution < -0.4 is 16.8 Å². The van der Waals surface area contributed by atoms with Gasteiger partial charge in [0.1, 0.15) is 24.9 Å². The van der Waals surface area contributed by atoms with Crippen molar-refractivity contribution < 1.29 is 39.2 Å². The number of rotatable bonds is 23. The lowest BCUT2D eigenvalue weighted by Crippen LogP contribution is -2.60. The molecule has 0 bridgehead atoms. The zero-order valence-corrected chi connectivity index (χ0v) is 25.5. The molecule has 1 aliphatic rings. The van der Waals surface area contributed by atoms with Crippen LogP contribution in [0, 0.1) is 0 Å². The molecule has 5 unspecified atom stereocenters. The second-order valence-corrected chi connectivity index (χ2v) is 11.1. The van der Waals surface area contributed by atoms with E-state index in [9.17, 15) is 29.7 Å². The lowest BCUT2D eigenvalue weighted by Gasteiger charge is -2.38.